The average Bonchev–Trinajstić information content (AvgIpc) is 2.04. The molecule has 0 saturated carbocycles. The fourth-order valence-electron chi connectivity index (χ4n) is 0.919. The van der Waals surface area contributed by atoms with Crippen LogP contribution in [0.15, 0.2) is 0 Å². The first kappa shape index (κ1) is 11.3. The van der Waals surface area contributed by atoms with E-state index in [0.29, 0.717) is 6.42 Å². The summed E-state index contributed by atoms with van der Waals surface area (Å²) in [6, 6.07) is 0. The van der Waals surface area contributed by atoms with E-state index in [4.69, 9.17) is 0 Å². The van der Waals surface area contributed by atoms with Crippen LogP contribution in [0, 0.1) is 0 Å². The van der Waals surface area contributed by atoms with Gasteiger partial charge in [0.05, 0.1) is 0 Å². The molecule has 0 atom stereocenters. The van der Waals surface area contributed by atoms with E-state index in [1.165, 1.54) is 19.3 Å². The number of carbonyl (C=O) groups excluding carboxylic acids is 1. The molecule has 0 rings (SSSR count). The van der Waals surface area contributed by atoms with Gasteiger partial charge in [-0.1, -0.05) is 0 Å². The van der Waals surface area contributed by atoms with E-state index in [2.05, 4.69) is 10.0 Å². The third-order valence-corrected chi connectivity index (χ3v) is 2.17. The predicted molar refractivity (Wildman–Crippen MR) is 46.6 cm³/mol. The molecule has 0 fully saturated rings. The molecule has 0 unspecified atom stereocenters. The molecule has 66 valence electrons. The molecule has 0 aromatic rings. The van der Waals surface area contributed by atoms with Gasteiger partial charge in [-0.3, -0.25) is 0 Å². The van der Waals surface area contributed by atoms with Crippen molar-refractivity contribution in [3.8, 4) is 0 Å². The molecule has 0 aromatic carbocycles. The SMILES string of the molecule is CCCCCCCC(=O)O[TeH]. The Balaban J connectivity index is 2.95. The van der Waals surface area contributed by atoms with Gasteiger partial charge in [0, 0.05) is 0 Å². The van der Waals surface area contributed by atoms with Crippen molar-refractivity contribution in [2.45, 2.75) is 45.4 Å². The summed E-state index contributed by atoms with van der Waals surface area (Å²) in [4.78, 5) is 10.6. The first-order chi connectivity index (χ1) is 5.31. The molecule has 3 heteroatoms. The monoisotopic (exact) mass is 274 g/mol. The van der Waals surface area contributed by atoms with Gasteiger partial charge in [0.15, 0.2) is 0 Å². The molecular formula is C8H16O2Te. The first-order valence-electron chi connectivity index (χ1n) is 4.15. The van der Waals surface area contributed by atoms with Gasteiger partial charge in [0.25, 0.3) is 0 Å². The summed E-state index contributed by atoms with van der Waals surface area (Å²) in [5, 5.41) is 0. The summed E-state index contributed by atoms with van der Waals surface area (Å²) >= 11 is 1.12. The zero-order chi connectivity index (χ0) is 8.53. The second-order valence-corrected chi connectivity index (χ2v) is 3.15. The van der Waals surface area contributed by atoms with Crippen molar-refractivity contribution in [1.29, 1.82) is 0 Å². The summed E-state index contributed by atoms with van der Waals surface area (Å²) in [6.07, 6.45) is 6.52. The van der Waals surface area contributed by atoms with Gasteiger partial charge in [-0.05, 0) is 0 Å². The van der Waals surface area contributed by atoms with E-state index in [1.54, 1.807) is 0 Å². The molecule has 0 aliphatic rings. The van der Waals surface area contributed by atoms with Gasteiger partial charge in [0.2, 0.25) is 0 Å². The van der Waals surface area contributed by atoms with Crippen molar-refractivity contribution in [3.63, 3.8) is 0 Å². The Kier molecular flexibility index (Phi) is 8.55. The summed E-state index contributed by atoms with van der Waals surface area (Å²) in [5.41, 5.74) is 0. The standard InChI is InChI=1S/C8H16O2Te/c1-2-3-4-5-6-7-8(9)10-11/h11H,2-7H2,1H3. The Morgan fingerprint density at radius 1 is 1.27 bits per heavy atom. The fraction of sp³-hybridized carbons (Fsp3) is 0.875. The number of rotatable bonds is 6. The minimum absolute atomic E-state index is 0.0597. The Labute approximate surface area is 82.1 Å². The van der Waals surface area contributed by atoms with Crippen LogP contribution in [0.5, 0.6) is 0 Å². The Morgan fingerprint density at radius 3 is 2.45 bits per heavy atom. The molecule has 0 amide bonds. The molecule has 0 radical (unpaired) electrons. The van der Waals surface area contributed by atoms with Crippen molar-refractivity contribution < 1.29 is 7.90 Å². The molecule has 0 aliphatic heterocycles. The molecular weight excluding hydrogens is 256 g/mol. The first-order valence-corrected chi connectivity index (χ1v) is 5.19. The second-order valence-electron chi connectivity index (χ2n) is 2.63. The molecule has 0 aliphatic carbocycles. The van der Waals surface area contributed by atoms with Gasteiger partial charge in [-0.2, -0.15) is 0 Å². The van der Waals surface area contributed by atoms with E-state index in [9.17, 15) is 4.79 Å². The number of carbonyl (C=O) groups is 1. The number of hydrogen-bond donors (Lipinski definition) is 0. The fourth-order valence-corrected chi connectivity index (χ4v) is 1.18. The Morgan fingerprint density at radius 2 is 1.91 bits per heavy atom. The van der Waals surface area contributed by atoms with E-state index >= 15 is 0 Å². The Bertz CT molecular complexity index is 104. The molecule has 0 spiro atoms. The molecule has 0 N–H and O–H groups in total. The van der Waals surface area contributed by atoms with Gasteiger partial charge in [-0.25, -0.2) is 0 Å². The number of hydrogen-bond acceptors (Lipinski definition) is 2. The van der Waals surface area contributed by atoms with Crippen LogP contribution in [0.25, 0.3) is 0 Å². The number of unbranched alkanes of at least 4 members (excludes halogenated alkanes) is 4. The topological polar surface area (TPSA) is 26.3 Å². The second kappa shape index (κ2) is 8.36. The van der Waals surface area contributed by atoms with Gasteiger partial charge in [-0.15, -0.1) is 0 Å². The molecule has 0 heterocycles. The summed E-state index contributed by atoms with van der Waals surface area (Å²) in [7, 11) is 0. The van der Waals surface area contributed by atoms with Crippen LogP contribution in [0.3, 0.4) is 0 Å². The van der Waals surface area contributed by atoms with Crippen LogP contribution in [0.4, 0.5) is 0 Å². The van der Waals surface area contributed by atoms with Crippen LogP contribution >= 0.6 is 0 Å². The van der Waals surface area contributed by atoms with Crippen LogP contribution in [0.2, 0.25) is 0 Å². The van der Waals surface area contributed by atoms with Crippen LogP contribution in [-0.2, 0) is 7.90 Å². The van der Waals surface area contributed by atoms with Gasteiger partial charge >= 0.3 is 82.0 Å². The van der Waals surface area contributed by atoms with Crippen LogP contribution in [-0.4, -0.2) is 28.7 Å². The maximum atomic E-state index is 10.6. The van der Waals surface area contributed by atoms with Crippen LogP contribution < -0.4 is 0 Å². The molecule has 0 saturated heterocycles. The Hall–Kier alpha value is 0.260. The van der Waals surface area contributed by atoms with Crippen molar-refractivity contribution in [3.05, 3.63) is 0 Å². The van der Waals surface area contributed by atoms with Crippen LogP contribution in [0.1, 0.15) is 45.4 Å². The molecule has 2 nitrogen and oxygen atoms in total. The summed E-state index contributed by atoms with van der Waals surface area (Å²) in [5.74, 6) is -0.0597. The third-order valence-electron chi connectivity index (χ3n) is 1.59. The normalized spacial score (nSPS) is 9.64. The third kappa shape index (κ3) is 8.16. The van der Waals surface area contributed by atoms with Crippen molar-refractivity contribution in [2.75, 3.05) is 0 Å². The molecule has 11 heavy (non-hydrogen) atoms. The van der Waals surface area contributed by atoms with Crippen molar-refractivity contribution in [1.82, 2.24) is 0 Å². The van der Waals surface area contributed by atoms with E-state index in [-0.39, 0.29) is 5.97 Å². The van der Waals surface area contributed by atoms with E-state index in [0.717, 1.165) is 35.5 Å². The molecule has 0 bridgehead atoms. The zero-order valence-corrected chi connectivity index (χ0v) is 9.56. The summed E-state index contributed by atoms with van der Waals surface area (Å²) in [6.45, 7) is 2.18. The summed E-state index contributed by atoms with van der Waals surface area (Å²) < 4.78 is 4.57. The van der Waals surface area contributed by atoms with Crippen molar-refractivity contribution in [2.24, 2.45) is 0 Å². The predicted octanol–water partition coefficient (Wildman–Crippen LogP) is 1.71. The maximum absolute atomic E-state index is 10.6. The minimum atomic E-state index is -0.0597. The zero-order valence-electron chi connectivity index (χ0n) is 7.01. The molecule has 0 aromatic heterocycles. The quantitative estimate of drug-likeness (QED) is 0.543. The van der Waals surface area contributed by atoms with E-state index < -0.39 is 0 Å². The van der Waals surface area contributed by atoms with Gasteiger partial charge < -0.3 is 0 Å². The van der Waals surface area contributed by atoms with Crippen molar-refractivity contribution >= 4 is 28.7 Å². The van der Waals surface area contributed by atoms with E-state index in [1.807, 2.05) is 0 Å². The van der Waals surface area contributed by atoms with Gasteiger partial charge in [0.1, 0.15) is 0 Å². The average molecular weight is 272 g/mol.